The van der Waals surface area contributed by atoms with Gasteiger partial charge in [-0.1, -0.05) is 31.2 Å². The highest BCUT2D eigenvalue weighted by molar-refractivity contribution is 5.54. The second-order valence-electron chi connectivity index (χ2n) is 4.27. The van der Waals surface area contributed by atoms with Crippen molar-refractivity contribution >= 4 is 11.5 Å². The maximum Gasteiger partial charge on any atom is 0.330 e. The van der Waals surface area contributed by atoms with E-state index in [2.05, 4.69) is 23.4 Å². The molecular weight excluding hydrogens is 244 g/mol. The van der Waals surface area contributed by atoms with E-state index in [1.165, 1.54) is 16.4 Å². The molecule has 0 aliphatic heterocycles. The number of hydrogen-bond donors (Lipinski definition) is 1. The number of aromatic nitrogens is 2. The number of rotatable bonds is 5. The van der Waals surface area contributed by atoms with Gasteiger partial charge in [-0.3, -0.25) is 14.8 Å². The van der Waals surface area contributed by atoms with Crippen molar-refractivity contribution in [1.82, 2.24) is 9.78 Å². The molecule has 0 spiro atoms. The summed E-state index contributed by atoms with van der Waals surface area (Å²) in [5.74, 6) is 0.304. The van der Waals surface area contributed by atoms with Gasteiger partial charge in [0.15, 0.2) is 0 Å². The molecule has 0 amide bonds. The molecule has 100 valence electrons. The smallest absolute Gasteiger partial charge is 0.330 e. The molecule has 1 N–H and O–H groups in total. The molecule has 0 aliphatic carbocycles. The van der Waals surface area contributed by atoms with Gasteiger partial charge in [-0.25, -0.2) is 0 Å². The SMILES string of the molecule is CCc1ccccc1CNc1nn(C)cc1[N+](=O)[O-]. The maximum absolute atomic E-state index is 10.9. The molecule has 0 radical (unpaired) electrons. The monoisotopic (exact) mass is 260 g/mol. The number of anilines is 1. The highest BCUT2D eigenvalue weighted by atomic mass is 16.6. The van der Waals surface area contributed by atoms with Crippen LogP contribution in [0.3, 0.4) is 0 Å². The van der Waals surface area contributed by atoms with Crippen molar-refractivity contribution in [3.8, 4) is 0 Å². The van der Waals surface area contributed by atoms with Crippen LogP contribution in [0.5, 0.6) is 0 Å². The fourth-order valence-electron chi connectivity index (χ4n) is 1.99. The van der Waals surface area contributed by atoms with Crippen LogP contribution in [0.2, 0.25) is 0 Å². The van der Waals surface area contributed by atoms with Gasteiger partial charge in [-0.2, -0.15) is 0 Å². The van der Waals surface area contributed by atoms with Crippen molar-refractivity contribution in [3.63, 3.8) is 0 Å². The van der Waals surface area contributed by atoms with E-state index in [0.717, 1.165) is 12.0 Å². The lowest BCUT2D eigenvalue weighted by atomic mass is 10.1. The molecule has 1 aromatic heterocycles. The van der Waals surface area contributed by atoms with E-state index in [9.17, 15) is 10.1 Å². The van der Waals surface area contributed by atoms with Gasteiger partial charge in [0, 0.05) is 13.6 Å². The van der Waals surface area contributed by atoms with Gasteiger partial charge < -0.3 is 5.32 Å². The Morgan fingerprint density at radius 1 is 1.37 bits per heavy atom. The van der Waals surface area contributed by atoms with E-state index >= 15 is 0 Å². The lowest BCUT2D eigenvalue weighted by Crippen LogP contribution is -2.04. The molecule has 1 heterocycles. The fraction of sp³-hybridized carbons (Fsp3) is 0.308. The Labute approximate surface area is 111 Å². The molecule has 6 nitrogen and oxygen atoms in total. The normalized spacial score (nSPS) is 10.4. The molecule has 0 unspecified atom stereocenters. The Balaban J connectivity index is 2.16. The second-order valence-corrected chi connectivity index (χ2v) is 4.27. The maximum atomic E-state index is 10.9. The first-order valence-corrected chi connectivity index (χ1v) is 6.10. The minimum Gasteiger partial charge on any atom is -0.359 e. The van der Waals surface area contributed by atoms with E-state index in [0.29, 0.717) is 12.4 Å². The summed E-state index contributed by atoms with van der Waals surface area (Å²) in [6.45, 7) is 2.61. The summed E-state index contributed by atoms with van der Waals surface area (Å²) in [4.78, 5) is 10.5. The molecule has 2 rings (SSSR count). The zero-order chi connectivity index (χ0) is 13.8. The average Bonchev–Trinajstić information content (AvgIpc) is 2.78. The van der Waals surface area contributed by atoms with Crippen LogP contribution < -0.4 is 5.32 Å². The van der Waals surface area contributed by atoms with E-state index in [1.807, 2.05) is 18.2 Å². The van der Waals surface area contributed by atoms with Crippen LogP contribution >= 0.6 is 0 Å². The Morgan fingerprint density at radius 2 is 2.05 bits per heavy atom. The molecule has 0 atom stereocenters. The average molecular weight is 260 g/mol. The molecule has 19 heavy (non-hydrogen) atoms. The summed E-state index contributed by atoms with van der Waals surface area (Å²) < 4.78 is 1.44. The number of nitro groups is 1. The van der Waals surface area contributed by atoms with Crippen molar-refractivity contribution < 1.29 is 4.92 Å². The summed E-state index contributed by atoms with van der Waals surface area (Å²) in [5.41, 5.74) is 2.36. The Hall–Kier alpha value is -2.37. The molecule has 0 saturated heterocycles. The van der Waals surface area contributed by atoms with Crippen LogP contribution in [0.1, 0.15) is 18.1 Å². The third-order valence-electron chi connectivity index (χ3n) is 2.95. The summed E-state index contributed by atoms with van der Waals surface area (Å²) in [6, 6.07) is 8.03. The Morgan fingerprint density at radius 3 is 2.68 bits per heavy atom. The predicted octanol–water partition coefficient (Wildman–Crippen LogP) is 2.50. The predicted molar refractivity (Wildman–Crippen MR) is 73.0 cm³/mol. The van der Waals surface area contributed by atoms with E-state index in [-0.39, 0.29) is 5.69 Å². The molecule has 0 bridgehead atoms. The zero-order valence-electron chi connectivity index (χ0n) is 11.0. The van der Waals surface area contributed by atoms with Crippen molar-refractivity contribution in [2.75, 3.05) is 5.32 Å². The zero-order valence-corrected chi connectivity index (χ0v) is 11.0. The quantitative estimate of drug-likeness (QED) is 0.662. The van der Waals surface area contributed by atoms with Gasteiger partial charge in [0.25, 0.3) is 0 Å². The molecule has 0 fully saturated rings. The van der Waals surface area contributed by atoms with Crippen molar-refractivity contribution in [1.29, 1.82) is 0 Å². The second kappa shape index (κ2) is 5.51. The topological polar surface area (TPSA) is 73.0 Å². The highest BCUT2D eigenvalue weighted by Crippen LogP contribution is 2.22. The lowest BCUT2D eigenvalue weighted by molar-refractivity contribution is -0.384. The molecule has 0 aliphatic rings. The van der Waals surface area contributed by atoms with Gasteiger partial charge in [0.1, 0.15) is 6.20 Å². The largest absolute Gasteiger partial charge is 0.359 e. The number of aryl methyl sites for hydroxylation is 2. The van der Waals surface area contributed by atoms with Gasteiger partial charge in [-0.05, 0) is 17.5 Å². The van der Waals surface area contributed by atoms with Crippen molar-refractivity contribution in [2.24, 2.45) is 7.05 Å². The van der Waals surface area contributed by atoms with E-state index in [4.69, 9.17) is 0 Å². The van der Waals surface area contributed by atoms with Crippen LogP contribution in [0.4, 0.5) is 11.5 Å². The minimum absolute atomic E-state index is 0.00326. The molecule has 1 aromatic carbocycles. The number of hydrogen-bond acceptors (Lipinski definition) is 4. The van der Waals surface area contributed by atoms with Crippen molar-refractivity contribution in [3.05, 3.63) is 51.7 Å². The molecular formula is C13H16N4O2. The fourth-order valence-corrected chi connectivity index (χ4v) is 1.99. The molecule has 6 heteroatoms. The van der Waals surface area contributed by atoms with Gasteiger partial charge in [-0.15, -0.1) is 5.10 Å². The number of nitrogens with zero attached hydrogens (tertiary/aromatic N) is 3. The lowest BCUT2D eigenvalue weighted by Gasteiger charge is -2.08. The summed E-state index contributed by atoms with van der Waals surface area (Å²) in [7, 11) is 1.66. The summed E-state index contributed by atoms with van der Waals surface area (Å²) >= 11 is 0. The van der Waals surface area contributed by atoms with Gasteiger partial charge in [0.2, 0.25) is 5.82 Å². The first-order valence-electron chi connectivity index (χ1n) is 6.10. The molecule has 0 saturated carbocycles. The van der Waals surface area contributed by atoms with Crippen LogP contribution in [0, 0.1) is 10.1 Å². The van der Waals surface area contributed by atoms with E-state index < -0.39 is 4.92 Å². The molecule has 2 aromatic rings. The van der Waals surface area contributed by atoms with Crippen LogP contribution in [-0.4, -0.2) is 14.7 Å². The van der Waals surface area contributed by atoms with E-state index in [1.54, 1.807) is 7.05 Å². The van der Waals surface area contributed by atoms with Crippen LogP contribution in [-0.2, 0) is 20.0 Å². The Bertz CT molecular complexity index is 592. The Kier molecular flexibility index (Phi) is 3.79. The standard InChI is InChI=1S/C13H16N4O2/c1-3-10-6-4-5-7-11(10)8-14-13-12(17(18)19)9-16(2)15-13/h4-7,9H,3,8H2,1-2H3,(H,14,15). The van der Waals surface area contributed by atoms with Crippen molar-refractivity contribution in [2.45, 2.75) is 19.9 Å². The van der Waals surface area contributed by atoms with Crippen LogP contribution in [0.15, 0.2) is 30.5 Å². The van der Waals surface area contributed by atoms with Crippen LogP contribution in [0.25, 0.3) is 0 Å². The third-order valence-corrected chi connectivity index (χ3v) is 2.95. The summed E-state index contributed by atoms with van der Waals surface area (Å²) in [6.07, 6.45) is 2.33. The number of nitrogens with one attached hydrogen (secondary N) is 1. The number of benzene rings is 1. The van der Waals surface area contributed by atoms with Gasteiger partial charge >= 0.3 is 5.69 Å². The minimum atomic E-state index is -0.430. The van der Waals surface area contributed by atoms with Gasteiger partial charge in [0.05, 0.1) is 4.92 Å². The first kappa shape index (κ1) is 13.1. The summed E-state index contributed by atoms with van der Waals surface area (Å²) in [5, 5.41) is 18.0. The highest BCUT2D eigenvalue weighted by Gasteiger charge is 2.18. The first-order chi connectivity index (χ1) is 9.11. The third kappa shape index (κ3) is 2.90.